The number of sulfonamides is 1. The molecule has 3 N–H and O–H groups in total. The SMILES string of the molecule is C[C@@H]1CN(c2nc(C3CCCCO3)ccc2C(=O)NS(=O)(=O)c2cccc(N)n2)C(C)(C)C1. The van der Waals surface area contributed by atoms with Crippen LogP contribution in [0.4, 0.5) is 11.6 Å². The molecule has 4 heterocycles. The number of nitrogens with zero attached hydrogens (tertiary/aromatic N) is 3. The highest BCUT2D eigenvalue weighted by atomic mass is 32.2. The van der Waals surface area contributed by atoms with E-state index < -0.39 is 15.9 Å². The van der Waals surface area contributed by atoms with Gasteiger partial charge in [-0.3, -0.25) is 4.79 Å². The Bertz CT molecular complexity index is 1150. The van der Waals surface area contributed by atoms with Crippen LogP contribution in [0.25, 0.3) is 0 Å². The van der Waals surface area contributed by atoms with Crippen molar-refractivity contribution in [2.45, 2.75) is 63.1 Å². The Hall–Kier alpha value is -2.72. The van der Waals surface area contributed by atoms with Gasteiger partial charge < -0.3 is 15.4 Å². The van der Waals surface area contributed by atoms with Gasteiger partial charge in [-0.25, -0.2) is 14.7 Å². The molecule has 0 aromatic carbocycles. The molecule has 10 heteroatoms. The van der Waals surface area contributed by atoms with Gasteiger partial charge in [-0.15, -0.1) is 0 Å². The number of amides is 1. The van der Waals surface area contributed by atoms with Crippen LogP contribution in [-0.4, -0.2) is 43.0 Å². The van der Waals surface area contributed by atoms with Gasteiger partial charge in [-0.2, -0.15) is 8.42 Å². The number of carbonyl (C=O) groups excluding carboxylic acids is 1. The molecule has 2 aliphatic heterocycles. The zero-order chi connectivity index (χ0) is 23.8. The summed E-state index contributed by atoms with van der Waals surface area (Å²) in [6.45, 7) is 7.78. The molecule has 9 nitrogen and oxygen atoms in total. The van der Waals surface area contributed by atoms with Crippen LogP contribution < -0.4 is 15.4 Å². The number of carbonyl (C=O) groups is 1. The van der Waals surface area contributed by atoms with Crippen LogP contribution in [-0.2, 0) is 14.8 Å². The summed E-state index contributed by atoms with van der Waals surface area (Å²) >= 11 is 0. The molecule has 2 fully saturated rings. The van der Waals surface area contributed by atoms with Crippen molar-refractivity contribution in [1.82, 2.24) is 14.7 Å². The zero-order valence-corrected chi connectivity index (χ0v) is 20.1. The topological polar surface area (TPSA) is 128 Å². The molecule has 2 saturated heterocycles. The Morgan fingerprint density at radius 2 is 2.00 bits per heavy atom. The first-order valence-electron chi connectivity index (χ1n) is 11.3. The number of nitrogens with one attached hydrogen (secondary N) is 1. The molecule has 33 heavy (non-hydrogen) atoms. The summed E-state index contributed by atoms with van der Waals surface area (Å²) in [5, 5.41) is -0.312. The lowest BCUT2D eigenvalue weighted by Crippen LogP contribution is -2.41. The largest absolute Gasteiger partial charge is 0.384 e. The second-order valence-corrected chi connectivity index (χ2v) is 11.2. The average molecular weight is 474 g/mol. The van der Waals surface area contributed by atoms with Crippen LogP contribution in [0.3, 0.4) is 0 Å². The maximum atomic E-state index is 13.2. The molecular weight excluding hydrogens is 442 g/mol. The van der Waals surface area contributed by atoms with Crippen molar-refractivity contribution in [2.75, 3.05) is 23.8 Å². The quantitative estimate of drug-likeness (QED) is 0.678. The minimum Gasteiger partial charge on any atom is -0.384 e. The fourth-order valence-corrected chi connectivity index (χ4v) is 5.71. The second-order valence-electron chi connectivity index (χ2n) is 9.53. The molecule has 4 rings (SSSR count). The number of nitrogen functional groups attached to an aromatic ring is 1. The fourth-order valence-electron chi connectivity index (χ4n) is 4.77. The van der Waals surface area contributed by atoms with Gasteiger partial charge >= 0.3 is 0 Å². The molecule has 1 unspecified atom stereocenters. The van der Waals surface area contributed by atoms with E-state index in [1.807, 2.05) is 0 Å². The van der Waals surface area contributed by atoms with E-state index in [0.29, 0.717) is 18.3 Å². The van der Waals surface area contributed by atoms with E-state index in [0.717, 1.165) is 37.9 Å². The summed E-state index contributed by atoms with van der Waals surface area (Å²) < 4.78 is 33.6. The monoisotopic (exact) mass is 473 g/mol. The van der Waals surface area contributed by atoms with Crippen molar-refractivity contribution in [3.05, 3.63) is 41.6 Å². The highest BCUT2D eigenvalue weighted by molar-refractivity contribution is 7.90. The molecule has 0 bridgehead atoms. The van der Waals surface area contributed by atoms with Gasteiger partial charge in [0.2, 0.25) is 0 Å². The van der Waals surface area contributed by atoms with E-state index >= 15 is 0 Å². The van der Waals surface area contributed by atoms with Crippen LogP contribution in [0.1, 0.15) is 68.6 Å². The predicted octanol–water partition coefficient (Wildman–Crippen LogP) is 3.04. The Morgan fingerprint density at radius 1 is 1.21 bits per heavy atom. The summed E-state index contributed by atoms with van der Waals surface area (Å²) in [5.74, 6) is 0.183. The molecule has 2 aromatic heterocycles. The highest BCUT2D eigenvalue weighted by Crippen LogP contribution is 2.38. The van der Waals surface area contributed by atoms with Gasteiger partial charge in [0.15, 0.2) is 5.03 Å². The van der Waals surface area contributed by atoms with E-state index in [1.54, 1.807) is 12.1 Å². The van der Waals surface area contributed by atoms with Crippen molar-refractivity contribution in [3.8, 4) is 0 Å². The first-order valence-corrected chi connectivity index (χ1v) is 12.7. The lowest BCUT2D eigenvalue weighted by molar-refractivity contribution is 0.0123. The normalized spacial score (nSPS) is 22.8. The molecule has 178 valence electrons. The summed E-state index contributed by atoms with van der Waals surface area (Å²) in [6.07, 6.45) is 3.76. The Morgan fingerprint density at radius 3 is 2.64 bits per heavy atom. The van der Waals surface area contributed by atoms with Crippen LogP contribution in [0.15, 0.2) is 35.4 Å². The second kappa shape index (κ2) is 8.90. The number of hydrogen-bond donors (Lipinski definition) is 2. The number of hydrogen-bond acceptors (Lipinski definition) is 8. The molecule has 2 aromatic rings. The number of rotatable bonds is 5. The van der Waals surface area contributed by atoms with Gasteiger partial charge in [0.05, 0.1) is 17.4 Å². The summed E-state index contributed by atoms with van der Waals surface area (Å²) in [7, 11) is -4.20. The lowest BCUT2D eigenvalue weighted by Gasteiger charge is -2.34. The average Bonchev–Trinajstić information content (AvgIpc) is 3.05. The lowest BCUT2D eigenvalue weighted by atomic mass is 9.97. The van der Waals surface area contributed by atoms with E-state index in [1.165, 1.54) is 18.2 Å². The van der Waals surface area contributed by atoms with Gasteiger partial charge in [0.25, 0.3) is 15.9 Å². The van der Waals surface area contributed by atoms with Crippen molar-refractivity contribution < 1.29 is 17.9 Å². The van der Waals surface area contributed by atoms with Crippen LogP contribution in [0.2, 0.25) is 0 Å². The molecule has 2 aliphatic rings. The molecule has 0 radical (unpaired) electrons. The zero-order valence-electron chi connectivity index (χ0n) is 19.2. The maximum Gasteiger partial charge on any atom is 0.281 e. The number of anilines is 2. The van der Waals surface area contributed by atoms with Crippen molar-refractivity contribution in [2.24, 2.45) is 5.92 Å². The summed E-state index contributed by atoms with van der Waals surface area (Å²) in [6, 6.07) is 7.64. The number of ether oxygens (including phenoxy) is 1. The minimum absolute atomic E-state index is 0.0531. The Balaban J connectivity index is 1.71. The third-order valence-corrected chi connectivity index (χ3v) is 7.46. The van der Waals surface area contributed by atoms with E-state index in [2.05, 4.69) is 35.4 Å². The van der Waals surface area contributed by atoms with Gasteiger partial charge in [-0.1, -0.05) is 13.0 Å². The number of aromatic nitrogens is 2. The van der Waals surface area contributed by atoms with Gasteiger partial charge in [0.1, 0.15) is 11.6 Å². The minimum atomic E-state index is -4.20. The van der Waals surface area contributed by atoms with Crippen LogP contribution >= 0.6 is 0 Å². The third kappa shape index (κ3) is 4.96. The van der Waals surface area contributed by atoms with Gasteiger partial charge in [0, 0.05) is 18.7 Å². The molecule has 0 aliphatic carbocycles. The first-order chi connectivity index (χ1) is 15.6. The standard InChI is InChI=1S/C23H31N5O4S/c1-15-13-23(2,3)28(14-15)21-16(10-11-17(25-21)18-7-4-5-12-32-18)22(29)27-33(30,31)20-9-6-8-19(24)26-20/h6,8-11,15,18H,4-5,7,12-14H2,1-3H3,(H2,24,26)(H,27,29)/t15-,18?/m0/s1. The third-order valence-electron chi connectivity index (χ3n) is 6.23. The summed E-state index contributed by atoms with van der Waals surface area (Å²) in [5.41, 5.74) is 6.34. The molecule has 0 spiro atoms. The van der Waals surface area contributed by atoms with Crippen LogP contribution in [0, 0.1) is 5.92 Å². The fraction of sp³-hybridized carbons (Fsp3) is 0.522. The molecule has 2 atom stereocenters. The van der Waals surface area contributed by atoms with Crippen LogP contribution in [0.5, 0.6) is 0 Å². The molecular formula is C23H31N5O4S. The van der Waals surface area contributed by atoms with Gasteiger partial charge in [-0.05, 0) is 69.7 Å². The highest BCUT2D eigenvalue weighted by Gasteiger charge is 2.39. The Kier molecular flexibility index (Phi) is 6.32. The smallest absolute Gasteiger partial charge is 0.281 e. The number of pyridine rings is 2. The van der Waals surface area contributed by atoms with E-state index in [-0.39, 0.29) is 28.1 Å². The molecule has 1 amide bonds. The van der Waals surface area contributed by atoms with E-state index in [9.17, 15) is 13.2 Å². The van der Waals surface area contributed by atoms with Crippen molar-refractivity contribution >= 4 is 27.6 Å². The van der Waals surface area contributed by atoms with E-state index in [4.69, 9.17) is 15.5 Å². The first kappa shape index (κ1) is 23.4. The van der Waals surface area contributed by atoms with Crippen molar-refractivity contribution in [3.63, 3.8) is 0 Å². The summed E-state index contributed by atoms with van der Waals surface area (Å²) in [4.78, 5) is 24.0. The predicted molar refractivity (Wildman–Crippen MR) is 125 cm³/mol. The Labute approximate surface area is 194 Å². The maximum absolute atomic E-state index is 13.2. The number of nitrogens with two attached hydrogens (primary N) is 1. The van der Waals surface area contributed by atoms with Crippen molar-refractivity contribution in [1.29, 1.82) is 0 Å². The molecule has 0 saturated carbocycles.